The lowest BCUT2D eigenvalue weighted by atomic mass is 10.2. The fraction of sp³-hybridized carbons (Fsp3) is 0.471. The average Bonchev–Trinajstić information content (AvgIpc) is 3.27. The van der Waals surface area contributed by atoms with Crippen molar-refractivity contribution in [2.75, 3.05) is 31.1 Å². The third-order valence-corrected chi connectivity index (χ3v) is 6.67. The Morgan fingerprint density at radius 2 is 1.57 bits per heavy atom. The number of benzene rings is 1. The Bertz CT molecular complexity index is 823. The molecule has 2 aliphatic rings. The van der Waals surface area contributed by atoms with Gasteiger partial charge in [-0.3, -0.25) is 0 Å². The lowest BCUT2D eigenvalue weighted by molar-refractivity contribution is 0.477. The molecule has 1 aromatic carbocycles. The van der Waals surface area contributed by atoms with Crippen LogP contribution in [0, 0.1) is 0 Å². The Hall–Kier alpha value is -1.66. The summed E-state index contributed by atoms with van der Waals surface area (Å²) >= 11 is 0. The highest BCUT2D eigenvalue weighted by atomic mass is 32.2. The van der Waals surface area contributed by atoms with E-state index in [-0.39, 0.29) is 0 Å². The highest BCUT2D eigenvalue weighted by molar-refractivity contribution is 7.89. The maximum absolute atomic E-state index is 12.7. The molecule has 0 atom stereocenters. The molecule has 23 heavy (non-hydrogen) atoms. The van der Waals surface area contributed by atoms with Gasteiger partial charge in [0, 0.05) is 31.6 Å². The van der Waals surface area contributed by atoms with Crippen LogP contribution in [0.5, 0.6) is 0 Å². The Morgan fingerprint density at radius 1 is 0.870 bits per heavy atom. The number of hydrogen-bond acceptors (Lipinski definition) is 4. The number of pyridine rings is 1. The average molecular weight is 331 g/mol. The van der Waals surface area contributed by atoms with Crippen LogP contribution in [-0.4, -0.2) is 43.9 Å². The van der Waals surface area contributed by atoms with Crippen molar-refractivity contribution in [1.82, 2.24) is 9.29 Å². The van der Waals surface area contributed by atoms with Crippen molar-refractivity contribution < 1.29 is 8.42 Å². The zero-order chi connectivity index (χ0) is 15.9. The van der Waals surface area contributed by atoms with Crippen molar-refractivity contribution in [3.05, 3.63) is 30.3 Å². The van der Waals surface area contributed by atoms with Crippen molar-refractivity contribution in [3.8, 4) is 0 Å². The summed E-state index contributed by atoms with van der Waals surface area (Å²) in [6, 6.07) is 9.26. The molecule has 122 valence electrons. The number of hydrogen-bond donors (Lipinski definition) is 0. The van der Waals surface area contributed by atoms with Crippen LogP contribution < -0.4 is 4.90 Å². The van der Waals surface area contributed by atoms with E-state index in [0.29, 0.717) is 18.0 Å². The van der Waals surface area contributed by atoms with Crippen LogP contribution in [0.4, 0.5) is 5.82 Å². The molecule has 0 amide bonds. The first-order valence-corrected chi connectivity index (χ1v) is 9.74. The number of aromatic nitrogens is 1. The van der Waals surface area contributed by atoms with Gasteiger partial charge in [-0.05, 0) is 56.0 Å². The van der Waals surface area contributed by atoms with Gasteiger partial charge in [-0.25, -0.2) is 13.4 Å². The molecule has 0 spiro atoms. The Morgan fingerprint density at radius 3 is 2.30 bits per heavy atom. The molecular formula is C17H21N3O2S. The molecule has 1 aromatic heterocycles. The molecule has 0 N–H and O–H groups in total. The van der Waals surface area contributed by atoms with Crippen LogP contribution in [0.3, 0.4) is 0 Å². The van der Waals surface area contributed by atoms with Crippen LogP contribution in [0.1, 0.15) is 25.7 Å². The number of nitrogens with zero attached hydrogens (tertiary/aromatic N) is 3. The molecule has 0 bridgehead atoms. The predicted molar refractivity (Wildman–Crippen MR) is 91.2 cm³/mol. The zero-order valence-corrected chi connectivity index (χ0v) is 13.9. The van der Waals surface area contributed by atoms with E-state index in [1.54, 1.807) is 16.4 Å². The summed E-state index contributed by atoms with van der Waals surface area (Å²) in [4.78, 5) is 7.36. The van der Waals surface area contributed by atoms with E-state index in [1.165, 1.54) is 12.8 Å². The lowest BCUT2D eigenvalue weighted by Gasteiger charge is -2.18. The van der Waals surface area contributed by atoms with Crippen molar-refractivity contribution >= 4 is 26.7 Å². The number of fused-ring (bicyclic) bond motifs is 1. The maximum atomic E-state index is 12.7. The van der Waals surface area contributed by atoms with Gasteiger partial charge >= 0.3 is 0 Å². The van der Waals surface area contributed by atoms with Crippen LogP contribution in [0.15, 0.2) is 35.2 Å². The van der Waals surface area contributed by atoms with E-state index in [0.717, 1.165) is 42.7 Å². The molecule has 0 aliphatic carbocycles. The summed E-state index contributed by atoms with van der Waals surface area (Å²) in [5.74, 6) is 0.991. The van der Waals surface area contributed by atoms with E-state index in [1.807, 2.05) is 18.2 Å². The van der Waals surface area contributed by atoms with Crippen LogP contribution in [0.2, 0.25) is 0 Å². The Balaban J connectivity index is 1.69. The highest BCUT2D eigenvalue weighted by Gasteiger charge is 2.27. The SMILES string of the molecule is O=S(=O)(c1ccc2nc(N3CCCC3)ccc2c1)N1CCCC1. The van der Waals surface area contributed by atoms with Crippen molar-refractivity contribution in [1.29, 1.82) is 0 Å². The van der Waals surface area contributed by atoms with Gasteiger partial charge in [0.2, 0.25) is 10.0 Å². The third kappa shape index (κ3) is 2.70. The number of sulfonamides is 1. The second-order valence-corrected chi connectivity index (χ2v) is 8.27. The van der Waals surface area contributed by atoms with Gasteiger partial charge in [-0.15, -0.1) is 0 Å². The quantitative estimate of drug-likeness (QED) is 0.867. The zero-order valence-electron chi connectivity index (χ0n) is 13.1. The fourth-order valence-electron chi connectivity index (χ4n) is 3.45. The molecule has 2 fully saturated rings. The normalized spacial score (nSPS) is 19.7. The van der Waals surface area contributed by atoms with Crippen molar-refractivity contribution in [3.63, 3.8) is 0 Å². The summed E-state index contributed by atoms with van der Waals surface area (Å²) in [5, 5.41) is 0.883. The molecule has 4 rings (SSSR count). The van der Waals surface area contributed by atoms with Gasteiger partial charge in [0.05, 0.1) is 10.4 Å². The first kappa shape index (κ1) is 14.9. The summed E-state index contributed by atoms with van der Waals surface area (Å²) < 4.78 is 26.9. The lowest BCUT2D eigenvalue weighted by Crippen LogP contribution is -2.27. The summed E-state index contributed by atoms with van der Waals surface area (Å²) in [5.41, 5.74) is 0.856. The van der Waals surface area contributed by atoms with Crippen LogP contribution >= 0.6 is 0 Å². The van der Waals surface area contributed by atoms with E-state index >= 15 is 0 Å². The molecule has 2 saturated heterocycles. The summed E-state index contributed by atoms with van der Waals surface area (Å²) in [6.07, 6.45) is 4.33. The van der Waals surface area contributed by atoms with E-state index < -0.39 is 10.0 Å². The molecule has 2 aromatic rings. The van der Waals surface area contributed by atoms with Crippen LogP contribution in [0.25, 0.3) is 10.9 Å². The molecular weight excluding hydrogens is 310 g/mol. The molecule has 3 heterocycles. The van der Waals surface area contributed by atoms with E-state index in [2.05, 4.69) is 4.90 Å². The van der Waals surface area contributed by atoms with E-state index in [4.69, 9.17) is 4.98 Å². The van der Waals surface area contributed by atoms with Crippen molar-refractivity contribution in [2.45, 2.75) is 30.6 Å². The van der Waals surface area contributed by atoms with Gasteiger partial charge in [0.1, 0.15) is 5.82 Å². The fourth-order valence-corrected chi connectivity index (χ4v) is 5.01. The van der Waals surface area contributed by atoms with Gasteiger partial charge < -0.3 is 4.90 Å². The second kappa shape index (κ2) is 5.76. The third-order valence-electron chi connectivity index (χ3n) is 4.78. The van der Waals surface area contributed by atoms with Gasteiger partial charge in [0.25, 0.3) is 0 Å². The van der Waals surface area contributed by atoms with Gasteiger partial charge in [-0.1, -0.05) is 0 Å². The number of rotatable bonds is 3. The predicted octanol–water partition coefficient (Wildman–Crippen LogP) is 2.62. The van der Waals surface area contributed by atoms with Gasteiger partial charge in [0.15, 0.2) is 0 Å². The topological polar surface area (TPSA) is 53.5 Å². The first-order chi connectivity index (χ1) is 11.1. The Labute approximate surface area is 137 Å². The standard InChI is InChI=1S/C17H21N3O2S/c21-23(22,20-11-3-4-12-20)15-6-7-16-14(13-15)5-8-17(18-16)19-9-1-2-10-19/h5-8,13H,1-4,9-12H2. The maximum Gasteiger partial charge on any atom is 0.243 e. The Kier molecular flexibility index (Phi) is 3.73. The van der Waals surface area contributed by atoms with Gasteiger partial charge in [-0.2, -0.15) is 4.31 Å². The molecule has 0 saturated carbocycles. The first-order valence-electron chi connectivity index (χ1n) is 8.30. The smallest absolute Gasteiger partial charge is 0.243 e. The second-order valence-electron chi connectivity index (χ2n) is 6.33. The number of anilines is 1. The summed E-state index contributed by atoms with van der Waals surface area (Å²) in [7, 11) is -3.36. The molecule has 5 nitrogen and oxygen atoms in total. The molecule has 2 aliphatic heterocycles. The monoisotopic (exact) mass is 331 g/mol. The summed E-state index contributed by atoms with van der Waals surface area (Å²) in [6.45, 7) is 3.37. The van der Waals surface area contributed by atoms with E-state index in [9.17, 15) is 8.42 Å². The molecule has 0 unspecified atom stereocenters. The molecule has 0 radical (unpaired) electrons. The largest absolute Gasteiger partial charge is 0.357 e. The van der Waals surface area contributed by atoms with Crippen molar-refractivity contribution in [2.24, 2.45) is 0 Å². The highest BCUT2D eigenvalue weighted by Crippen LogP contribution is 2.26. The minimum Gasteiger partial charge on any atom is -0.357 e. The van der Waals surface area contributed by atoms with Crippen LogP contribution in [-0.2, 0) is 10.0 Å². The minimum absolute atomic E-state index is 0.377. The minimum atomic E-state index is -3.36. The molecule has 6 heteroatoms.